The van der Waals surface area contributed by atoms with E-state index in [1.54, 1.807) is 6.20 Å². The fourth-order valence-corrected chi connectivity index (χ4v) is 1.92. The Hall–Kier alpha value is -1.83. The average molecular weight is 239 g/mol. The van der Waals surface area contributed by atoms with E-state index in [1.807, 2.05) is 17.8 Å². The number of nitro groups is 1. The van der Waals surface area contributed by atoms with Crippen LogP contribution in [0.15, 0.2) is 29.9 Å². The van der Waals surface area contributed by atoms with Gasteiger partial charge in [0.05, 0.1) is 10.8 Å². The molecule has 0 fully saturated rings. The molecule has 0 saturated heterocycles. The molecular formula is C8H9N5O2S. The molecule has 0 spiro atoms. The molecule has 2 rings (SSSR count). The zero-order valence-corrected chi connectivity index (χ0v) is 9.29. The van der Waals surface area contributed by atoms with Crippen molar-refractivity contribution in [3.63, 3.8) is 0 Å². The summed E-state index contributed by atoms with van der Waals surface area (Å²) in [5.74, 6) is 0.499. The third-order valence-corrected chi connectivity index (χ3v) is 2.98. The fourth-order valence-electron chi connectivity index (χ4n) is 1.13. The van der Waals surface area contributed by atoms with Crippen LogP contribution in [0.4, 0.5) is 5.69 Å². The lowest BCUT2D eigenvalue weighted by molar-refractivity contribution is -0.385. The van der Waals surface area contributed by atoms with Crippen LogP contribution in [0.2, 0.25) is 0 Å². The van der Waals surface area contributed by atoms with E-state index in [1.165, 1.54) is 28.8 Å². The van der Waals surface area contributed by atoms with Gasteiger partial charge in [0.2, 0.25) is 0 Å². The Morgan fingerprint density at radius 1 is 1.62 bits per heavy atom. The van der Waals surface area contributed by atoms with Gasteiger partial charge in [0, 0.05) is 19.4 Å². The minimum absolute atomic E-state index is 0.000408. The molecule has 0 saturated carbocycles. The molecule has 0 atom stereocenters. The number of rotatable bonds is 4. The maximum absolute atomic E-state index is 10.4. The fraction of sp³-hybridized carbons (Fsp3) is 0.250. The first-order valence-corrected chi connectivity index (χ1v) is 5.42. The van der Waals surface area contributed by atoms with E-state index >= 15 is 0 Å². The van der Waals surface area contributed by atoms with Crippen molar-refractivity contribution in [3.05, 3.63) is 34.9 Å². The number of hydrogen-bond acceptors (Lipinski definition) is 5. The third-order valence-electron chi connectivity index (χ3n) is 1.93. The lowest BCUT2D eigenvalue weighted by Crippen LogP contribution is -1.97. The van der Waals surface area contributed by atoms with E-state index in [0.717, 1.165) is 5.16 Å². The average Bonchev–Trinajstić information content (AvgIpc) is 2.83. The smallest absolute Gasteiger partial charge is 0.307 e. The molecule has 0 aliphatic carbocycles. The second-order valence-electron chi connectivity index (χ2n) is 3.09. The van der Waals surface area contributed by atoms with Crippen molar-refractivity contribution < 1.29 is 4.92 Å². The maximum atomic E-state index is 10.4. The summed E-state index contributed by atoms with van der Waals surface area (Å²) in [4.78, 5) is 14.1. The van der Waals surface area contributed by atoms with Crippen LogP contribution in [-0.4, -0.2) is 24.3 Å². The Labute approximate surface area is 95.2 Å². The number of imidazole rings is 1. The SMILES string of the molecule is Cn1ccnc1SCn1cc([N+](=O)[O-])cn1. The van der Waals surface area contributed by atoms with Gasteiger partial charge in [-0.25, -0.2) is 4.98 Å². The van der Waals surface area contributed by atoms with Gasteiger partial charge in [-0.1, -0.05) is 11.8 Å². The number of nitrogens with zero attached hydrogens (tertiary/aromatic N) is 5. The first-order valence-electron chi connectivity index (χ1n) is 4.44. The van der Waals surface area contributed by atoms with E-state index < -0.39 is 4.92 Å². The molecular weight excluding hydrogens is 230 g/mol. The van der Waals surface area contributed by atoms with Crippen LogP contribution in [0.1, 0.15) is 0 Å². The zero-order valence-electron chi connectivity index (χ0n) is 8.48. The van der Waals surface area contributed by atoms with Gasteiger partial charge in [0.1, 0.15) is 12.4 Å². The first kappa shape index (κ1) is 10.7. The van der Waals surface area contributed by atoms with Crippen molar-refractivity contribution in [2.24, 2.45) is 7.05 Å². The largest absolute Gasteiger partial charge is 0.329 e. The van der Waals surface area contributed by atoms with Gasteiger partial charge in [-0.15, -0.1) is 0 Å². The van der Waals surface area contributed by atoms with Gasteiger partial charge < -0.3 is 4.57 Å². The Balaban J connectivity index is 2.00. The first-order chi connectivity index (χ1) is 7.66. The second-order valence-corrected chi connectivity index (χ2v) is 4.00. The summed E-state index contributed by atoms with van der Waals surface area (Å²) < 4.78 is 3.39. The standard InChI is InChI=1S/C8H9N5O2S/c1-11-3-2-9-8(11)16-6-12-5-7(4-10-12)13(14)15/h2-5H,6H2,1H3. The molecule has 2 aromatic heterocycles. The molecule has 7 nitrogen and oxygen atoms in total. The molecule has 0 amide bonds. The molecule has 16 heavy (non-hydrogen) atoms. The van der Waals surface area contributed by atoms with Crippen LogP contribution in [0.3, 0.4) is 0 Å². The molecule has 0 radical (unpaired) electrons. The second kappa shape index (κ2) is 4.35. The minimum atomic E-state index is -0.463. The highest BCUT2D eigenvalue weighted by Crippen LogP contribution is 2.17. The zero-order chi connectivity index (χ0) is 11.5. The highest BCUT2D eigenvalue weighted by atomic mass is 32.2. The van der Waals surface area contributed by atoms with E-state index in [2.05, 4.69) is 10.1 Å². The van der Waals surface area contributed by atoms with Gasteiger partial charge in [0.25, 0.3) is 0 Å². The van der Waals surface area contributed by atoms with Crippen molar-refractivity contribution in [2.45, 2.75) is 11.0 Å². The molecule has 0 unspecified atom stereocenters. The van der Waals surface area contributed by atoms with E-state index in [4.69, 9.17) is 0 Å². The highest BCUT2D eigenvalue weighted by Gasteiger charge is 2.09. The summed E-state index contributed by atoms with van der Waals surface area (Å²) in [6.07, 6.45) is 6.18. The predicted octanol–water partition coefficient (Wildman–Crippen LogP) is 1.27. The van der Waals surface area contributed by atoms with Crippen LogP contribution in [-0.2, 0) is 12.9 Å². The van der Waals surface area contributed by atoms with Crippen molar-refractivity contribution in [1.82, 2.24) is 19.3 Å². The van der Waals surface area contributed by atoms with Gasteiger partial charge >= 0.3 is 5.69 Å². The summed E-state index contributed by atoms with van der Waals surface area (Å²) in [5, 5.41) is 15.2. The Bertz CT molecular complexity index is 506. The maximum Gasteiger partial charge on any atom is 0.307 e. The summed E-state index contributed by atoms with van der Waals surface area (Å²) in [6, 6.07) is 0. The van der Waals surface area contributed by atoms with E-state index in [9.17, 15) is 10.1 Å². The lowest BCUT2D eigenvalue weighted by Gasteiger charge is -2.00. The predicted molar refractivity (Wildman–Crippen MR) is 57.9 cm³/mol. The number of thioether (sulfide) groups is 1. The summed E-state index contributed by atoms with van der Waals surface area (Å²) >= 11 is 1.46. The molecule has 8 heteroatoms. The van der Waals surface area contributed by atoms with E-state index in [-0.39, 0.29) is 5.69 Å². The molecule has 0 aromatic carbocycles. The van der Waals surface area contributed by atoms with Crippen molar-refractivity contribution in [1.29, 1.82) is 0 Å². The summed E-state index contributed by atoms with van der Waals surface area (Å²) in [7, 11) is 1.89. The topological polar surface area (TPSA) is 78.8 Å². The summed E-state index contributed by atoms with van der Waals surface area (Å²) in [6.45, 7) is 0. The van der Waals surface area contributed by atoms with Gasteiger partial charge in [0.15, 0.2) is 5.16 Å². The van der Waals surface area contributed by atoms with Crippen molar-refractivity contribution in [2.75, 3.05) is 0 Å². The quantitative estimate of drug-likeness (QED) is 0.456. The molecule has 84 valence electrons. The molecule has 2 heterocycles. The summed E-state index contributed by atoms with van der Waals surface area (Å²) in [5.41, 5.74) is 0.000408. The van der Waals surface area contributed by atoms with Crippen molar-refractivity contribution >= 4 is 17.4 Å². The van der Waals surface area contributed by atoms with Crippen LogP contribution in [0, 0.1) is 10.1 Å². The highest BCUT2D eigenvalue weighted by molar-refractivity contribution is 7.98. The number of aromatic nitrogens is 4. The van der Waals surface area contributed by atoms with Gasteiger partial charge in [-0.3, -0.25) is 14.8 Å². The molecule has 0 bridgehead atoms. The number of hydrogen-bond donors (Lipinski definition) is 0. The third kappa shape index (κ3) is 2.22. The van der Waals surface area contributed by atoms with Gasteiger partial charge in [-0.2, -0.15) is 5.10 Å². The van der Waals surface area contributed by atoms with Crippen molar-refractivity contribution in [3.8, 4) is 0 Å². The Morgan fingerprint density at radius 3 is 3.00 bits per heavy atom. The molecule has 0 aliphatic heterocycles. The monoisotopic (exact) mass is 239 g/mol. The molecule has 2 aromatic rings. The van der Waals surface area contributed by atoms with Crippen LogP contribution in [0.5, 0.6) is 0 Å². The Kier molecular flexibility index (Phi) is 2.91. The van der Waals surface area contributed by atoms with Crippen LogP contribution in [0.25, 0.3) is 0 Å². The molecule has 0 aliphatic rings. The lowest BCUT2D eigenvalue weighted by atomic mass is 10.6. The Morgan fingerprint density at radius 2 is 2.44 bits per heavy atom. The normalized spacial score (nSPS) is 10.6. The van der Waals surface area contributed by atoms with Crippen LogP contribution < -0.4 is 0 Å². The van der Waals surface area contributed by atoms with Gasteiger partial charge in [-0.05, 0) is 0 Å². The van der Waals surface area contributed by atoms with Crippen LogP contribution >= 0.6 is 11.8 Å². The molecule has 0 N–H and O–H groups in total. The number of aryl methyl sites for hydroxylation is 1. The van der Waals surface area contributed by atoms with E-state index in [0.29, 0.717) is 5.88 Å². The minimum Gasteiger partial charge on any atom is -0.329 e.